The summed E-state index contributed by atoms with van der Waals surface area (Å²) in [4.78, 5) is 16.4. The molecule has 19 heavy (non-hydrogen) atoms. The number of nitrogen functional groups attached to an aromatic ring is 1. The largest absolute Gasteiger partial charge is 0.469 e. The van der Waals surface area contributed by atoms with Crippen molar-refractivity contribution in [1.82, 2.24) is 4.98 Å². The van der Waals surface area contributed by atoms with E-state index >= 15 is 0 Å². The summed E-state index contributed by atoms with van der Waals surface area (Å²) in [6.07, 6.45) is 2.69. The molecule has 3 N–H and O–H groups in total. The van der Waals surface area contributed by atoms with Crippen molar-refractivity contribution in [3.8, 4) is 0 Å². The highest BCUT2D eigenvalue weighted by molar-refractivity contribution is 5.77. The van der Waals surface area contributed by atoms with Crippen LogP contribution in [0.1, 0.15) is 31.4 Å². The third kappa shape index (κ3) is 3.04. The summed E-state index contributed by atoms with van der Waals surface area (Å²) in [5, 5.41) is 9.62. The number of rotatable bonds is 3. The lowest BCUT2D eigenvalue weighted by atomic mass is 9.70. The number of anilines is 1. The number of pyridine rings is 1. The number of methoxy groups -OCH3 is 1. The molecule has 104 valence electrons. The topological polar surface area (TPSA) is 85.4 Å². The van der Waals surface area contributed by atoms with E-state index in [0.717, 1.165) is 5.69 Å². The van der Waals surface area contributed by atoms with Crippen molar-refractivity contribution >= 4 is 11.8 Å². The molecule has 1 fully saturated rings. The third-order valence-electron chi connectivity index (χ3n) is 3.88. The van der Waals surface area contributed by atoms with Crippen molar-refractivity contribution in [2.75, 3.05) is 12.8 Å². The van der Waals surface area contributed by atoms with Crippen LogP contribution < -0.4 is 5.73 Å². The maximum Gasteiger partial charge on any atom is 0.312 e. The molecule has 0 bridgehead atoms. The third-order valence-corrected chi connectivity index (χ3v) is 3.88. The highest BCUT2D eigenvalue weighted by Crippen LogP contribution is 2.40. The zero-order valence-electron chi connectivity index (χ0n) is 11.1. The van der Waals surface area contributed by atoms with Crippen LogP contribution in [0.4, 0.5) is 5.82 Å². The van der Waals surface area contributed by atoms with Crippen molar-refractivity contribution in [3.63, 3.8) is 0 Å². The minimum Gasteiger partial charge on any atom is -0.469 e. The fourth-order valence-corrected chi connectivity index (χ4v) is 2.77. The Bertz CT molecular complexity index is 454. The van der Waals surface area contributed by atoms with Crippen LogP contribution in [-0.2, 0) is 16.0 Å². The summed E-state index contributed by atoms with van der Waals surface area (Å²) >= 11 is 0. The van der Waals surface area contributed by atoms with Crippen LogP contribution in [0.2, 0.25) is 0 Å². The van der Waals surface area contributed by atoms with Crippen LogP contribution in [0.25, 0.3) is 0 Å². The van der Waals surface area contributed by atoms with Crippen LogP contribution in [0.15, 0.2) is 18.2 Å². The van der Waals surface area contributed by atoms with Crippen LogP contribution in [-0.4, -0.2) is 29.3 Å². The molecule has 0 saturated heterocycles. The molecule has 1 aromatic heterocycles. The van der Waals surface area contributed by atoms with Gasteiger partial charge in [0.1, 0.15) is 5.82 Å². The van der Waals surface area contributed by atoms with Crippen molar-refractivity contribution in [1.29, 1.82) is 0 Å². The van der Waals surface area contributed by atoms with Gasteiger partial charge in [0.15, 0.2) is 0 Å². The first-order chi connectivity index (χ1) is 9.05. The molecule has 0 atom stereocenters. The van der Waals surface area contributed by atoms with Crippen LogP contribution >= 0.6 is 0 Å². The molecule has 1 aliphatic carbocycles. The second kappa shape index (κ2) is 5.57. The van der Waals surface area contributed by atoms with Crippen molar-refractivity contribution < 1.29 is 14.6 Å². The van der Waals surface area contributed by atoms with Gasteiger partial charge in [-0.3, -0.25) is 4.79 Å². The van der Waals surface area contributed by atoms with Gasteiger partial charge < -0.3 is 15.6 Å². The Balaban J connectivity index is 2.21. The van der Waals surface area contributed by atoms with Gasteiger partial charge in [0.2, 0.25) is 0 Å². The van der Waals surface area contributed by atoms with Crippen molar-refractivity contribution in [2.24, 2.45) is 5.41 Å². The average Bonchev–Trinajstić information content (AvgIpc) is 2.41. The van der Waals surface area contributed by atoms with Gasteiger partial charge in [-0.1, -0.05) is 6.07 Å². The van der Waals surface area contributed by atoms with E-state index in [1.54, 1.807) is 6.07 Å². The molecule has 0 unspecified atom stereocenters. The first-order valence-electron chi connectivity index (χ1n) is 6.54. The molecule has 0 spiro atoms. The number of hydrogen-bond donors (Lipinski definition) is 2. The number of ether oxygens (including phenoxy) is 1. The molecule has 0 radical (unpaired) electrons. The van der Waals surface area contributed by atoms with E-state index in [4.69, 9.17) is 10.5 Å². The van der Waals surface area contributed by atoms with E-state index < -0.39 is 5.41 Å². The molecule has 2 rings (SSSR count). The highest BCUT2D eigenvalue weighted by atomic mass is 16.5. The molecule has 5 heteroatoms. The van der Waals surface area contributed by atoms with E-state index in [0.29, 0.717) is 37.9 Å². The molecule has 5 nitrogen and oxygen atoms in total. The lowest BCUT2D eigenvalue weighted by Gasteiger charge is -2.36. The number of hydrogen-bond acceptors (Lipinski definition) is 5. The minimum atomic E-state index is -0.575. The predicted molar refractivity (Wildman–Crippen MR) is 71.3 cm³/mol. The van der Waals surface area contributed by atoms with Crippen molar-refractivity contribution in [2.45, 2.75) is 38.2 Å². The maximum absolute atomic E-state index is 12.1. The van der Waals surface area contributed by atoms with Gasteiger partial charge in [-0.25, -0.2) is 4.98 Å². The van der Waals surface area contributed by atoms with Gasteiger partial charge >= 0.3 is 5.97 Å². The van der Waals surface area contributed by atoms with Crippen molar-refractivity contribution in [3.05, 3.63) is 23.9 Å². The molecule has 1 heterocycles. The number of esters is 1. The first kappa shape index (κ1) is 13.8. The Hall–Kier alpha value is -1.62. The lowest BCUT2D eigenvalue weighted by molar-refractivity contribution is -0.156. The normalized spacial score (nSPS) is 26.9. The second-order valence-electron chi connectivity index (χ2n) is 5.23. The molecule has 1 aliphatic rings. The number of nitrogens with two attached hydrogens (primary N) is 1. The van der Waals surface area contributed by atoms with E-state index in [9.17, 15) is 9.90 Å². The second-order valence-corrected chi connectivity index (χ2v) is 5.23. The number of nitrogens with zero attached hydrogens (tertiary/aromatic N) is 1. The molecule has 1 saturated carbocycles. The Kier molecular flexibility index (Phi) is 4.04. The minimum absolute atomic E-state index is 0.219. The van der Waals surface area contributed by atoms with E-state index in [1.807, 2.05) is 12.1 Å². The first-order valence-corrected chi connectivity index (χ1v) is 6.54. The average molecular weight is 264 g/mol. The van der Waals surface area contributed by atoms with Gasteiger partial charge in [0.25, 0.3) is 0 Å². The lowest BCUT2D eigenvalue weighted by Crippen LogP contribution is -2.39. The highest BCUT2D eigenvalue weighted by Gasteiger charge is 2.42. The molecular formula is C14H20N2O3. The molecule has 1 aromatic rings. The summed E-state index contributed by atoms with van der Waals surface area (Å²) < 4.78 is 4.95. The quantitative estimate of drug-likeness (QED) is 0.804. The summed E-state index contributed by atoms with van der Waals surface area (Å²) in [5.74, 6) is 0.233. The number of aliphatic hydroxyl groups is 1. The summed E-state index contributed by atoms with van der Waals surface area (Å²) in [6.45, 7) is 0. The summed E-state index contributed by atoms with van der Waals surface area (Å²) in [6, 6.07) is 5.42. The number of carbonyl (C=O) groups is 1. The summed E-state index contributed by atoms with van der Waals surface area (Å²) in [5.41, 5.74) is 5.89. The monoisotopic (exact) mass is 264 g/mol. The van der Waals surface area contributed by atoms with Gasteiger partial charge in [0, 0.05) is 12.1 Å². The Labute approximate surface area is 112 Å². The van der Waals surface area contributed by atoms with E-state index in [1.165, 1.54) is 7.11 Å². The maximum atomic E-state index is 12.1. The van der Waals surface area contributed by atoms with Gasteiger partial charge in [-0.05, 0) is 37.8 Å². The van der Waals surface area contributed by atoms with Crippen LogP contribution in [0.5, 0.6) is 0 Å². The van der Waals surface area contributed by atoms with Crippen LogP contribution in [0.3, 0.4) is 0 Å². The van der Waals surface area contributed by atoms with Gasteiger partial charge in [-0.2, -0.15) is 0 Å². The zero-order valence-corrected chi connectivity index (χ0v) is 11.1. The smallest absolute Gasteiger partial charge is 0.312 e. The predicted octanol–water partition coefficient (Wildman–Crippen LogP) is 1.30. The van der Waals surface area contributed by atoms with Gasteiger partial charge in [-0.15, -0.1) is 0 Å². The molecular weight excluding hydrogens is 244 g/mol. The van der Waals surface area contributed by atoms with Crippen LogP contribution in [0, 0.1) is 5.41 Å². The Morgan fingerprint density at radius 3 is 2.79 bits per heavy atom. The molecule has 0 amide bonds. The fourth-order valence-electron chi connectivity index (χ4n) is 2.77. The van der Waals surface area contributed by atoms with E-state index in [-0.39, 0.29) is 12.1 Å². The zero-order chi connectivity index (χ0) is 13.9. The van der Waals surface area contributed by atoms with Gasteiger partial charge in [0.05, 0.1) is 18.6 Å². The number of carbonyl (C=O) groups excluding carboxylic acids is 1. The SMILES string of the molecule is COC(=O)C1(Cc2cccc(N)n2)CCC(O)CC1. The standard InChI is InChI=1S/C14H20N2O3/c1-19-13(18)14(7-5-11(17)6-8-14)9-10-3-2-4-12(15)16-10/h2-4,11,17H,5-9H2,1H3,(H2,15,16). The molecule has 0 aliphatic heterocycles. The Morgan fingerprint density at radius 2 is 2.21 bits per heavy atom. The number of aromatic nitrogens is 1. The fraction of sp³-hybridized carbons (Fsp3) is 0.571. The Morgan fingerprint density at radius 1 is 1.53 bits per heavy atom. The molecule has 0 aromatic carbocycles. The van der Waals surface area contributed by atoms with E-state index in [2.05, 4.69) is 4.98 Å². The number of aliphatic hydroxyl groups excluding tert-OH is 1. The summed E-state index contributed by atoms with van der Waals surface area (Å²) in [7, 11) is 1.40.